The second-order valence-electron chi connectivity index (χ2n) is 5.68. The summed E-state index contributed by atoms with van der Waals surface area (Å²) in [5, 5.41) is 3.15. The van der Waals surface area contributed by atoms with E-state index in [9.17, 15) is 9.18 Å². The fourth-order valence-corrected chi connectivity index (χ4v) is 3.42. The Kier molecular flexibility index (Phi) is 5.46. The number of carbonyl (C=O) groups is 1. The first-order valence-corrected chi connectivity index (χ1v) is 8.22. The van der Waals surface area contributed by atoms with E-state index in [2.05, 4.69) is 19.2 Å². The molecule has 1 N–H and O–H groups in total. The highest BCUT2D eigenvalue weighted by Gasteiger charge is 2.27. The summed E-state index contributed by atoms with van der Waals surface area (Å²) in [4.78, 5) is 12.9. The molecule has 1 amide bonds. The summed E-state index contributed by atoms with van der Waals surface area (Å²) in [5.41, 5.74) is 0. The fraction of sp³-hybridized carbons (Fsp3) is 0.562. The van der Waals surface area contributed by atoms with Crippen molar-refractivity contribution >= 4 is 17.7 Å². The fourth-order valence-electron chi connectivity index (χ4n) is 2.71. The molecule has 1 saturated carbocycles. The Labute approximate surface area is 124 Å². The van der Waals surface area contributed by atoms with Gasteiger partial charge in [-0.2, -0.15) is 0 Å². The standard InChI is InChI=1S/C16H22FNOS/c1-11-4-3-5-15(12(11)2)18-16(19)10-20-14-8-6-13(17)7-9-14/h6-9,11-12,15H,3-5,10H2,1-2H3,(H,18,19)/t11-,12+,15-/m1/s1. The molecule has 3 atom stereocenters. The van der Waals surface area contributed by atoms with Crippen molar-refractivity contribution in [3.63, 3.8) is 0 Å². The van der Waals surface area contributed by atoms with Gasteiger partial charge in [-0.3, -0.25) is 4.79 Å². The minimum absolute atomic E-state index is 0.0743. The minimum atomic E-state index is -0.246. The van der Waals surface area contributed by atoms with Gasteiger partial charge in [-0.05, 0) is 42.5 Å². The van der Waals surface area contributed by atoms with Crippen molar-refractivity contribution in [2.45, 2.75) is 44.0 Å². The molecule has 0 radical (unpaired) electrons. The quantitative estimate of drug-likeness (QED) is 0.855. The summed E-state index contributed by atoms with van der Waals surface area (Å²) in [6.07, 6.45) is 3.54. The molecule has 0 bridgehead atoms. The van der Waals surface area contributed by atoms with E-state index in [0.717, 1.165) is 11.3 Å². The van der Waals surface area contributed by atoms with Crippen LogP contribution in [0.3, 0.4) is 0 Å². The van der Waals surface area contributed by atoms with Crippen molar-refractivity contribution in [1.29, 1.82) is 0 Å². The highest BCUT2D eigenvalue weighted by atomic mass is 32.2. The van der Waals surface area contributed by atoms with Gasteiger partial charge in [-0.15, -0.1) is 11.8 Å². The van der Waals surface area contributed by atoms with Gasteiger partial charge >= 0.3 is 0 Å². The molecule has 1 aromatic carbocycles. The van der Waals surface area contributed by atoms with Crippen LogP contribution in [0.1, 0.15) is 33.1 Å². The highest BCUT2D eigenvalue weighted by Crippen LogP contribution is 2.29. The van der Waals surface area contributed by atoms with E-state index in [-0.39, 0.29) is 11.7 Å². The van der Waals surface area contributed by atoms with Crippen LogP contribution in [0.4, 0.5) is 4.39 Å². The van der Waals surface area contributed by atoms with Crippen molar-refractivity contribution in [3.05, 3.63) is 30.1 Å². The molecule has 1 aromatic rings. The topological polar surface area (TPSA) is 29.1 Å². The van der Waals surface area contributed by atoms with Gasteiger partial charge in [-0.1, -0.05) is 26.7 Å². The number of halogens is 1. The van der Waals surface area contributed by atoms with Crippen molar-refractivity contribution in [3.8, 4) is 0 Å². The molecule has 1 fully saturated rings. The second kappa shape index (κ2) is 7.11. The maximum Gasteiger partial charge on any atom is 0.230 e. The van der Waals surface area contributed by atoms with Gasteiger partial charge in [0.05, 0.1) is 5.75 Å². The van der Waals surface area contributed by atoms with E-state index >= 15 is 0 Å². The Balaban J connectivity index is 1.79. The highest BCUT2D eigenvalue weighted by molar-refractivity contribution is 8.00. The van der Waals surface area contributed by atoms with Crippen molar-refractivity contribution in [1.82, 2.24) is 5.32 Å². The molecule has 1 aliphatic carbocycles. The number of rotatable bonds is 4. The molecule has 0 spiro atoms. The predicted octanol–water partition coefficient (Wildman–Crippen LogP) is 3.86. The number of hydrogen-bond acceptors (Lipinski definition) is 2. The van der Waals surface area contributed by atoms with Crippen LogP contribution in [0.25, 0.3) is 0 Å². The van der Waals surface area contributed by atoms with Gasteiger partial charge in [-0.25, -0.2) is 4.39 Å². The van der Waals surface area contributed by atoms with Crippen molar-refractivity contribution < 1.29 is 9.18 Å². The molecular formula is C16H22FNOS. The molecule has 0 aromatic heterocycles. The van der Waals surface area contributed by atoms with Crippen LogP contribution >= 0.6 is 11.8 Å². The first kappa shape index (κ1) is 15.4. The lowest BCUT2D eigenvalue weighted by Gasteiger charge is -2.34. The van der Waals surface area contributed by atoms with Crippen LogP contribution in [0.5, 0.6) is 0 Å². The van der Waals surface area contributed by atoms with E-state index < -0.39 is 0 Å². The van der Waals surface area contributed by atoms with Gasteiger partial charge in [0.25, 0.3) is 0 Å². The molecule has 4 heteroatoms. The van der Waals surface area contributed by atoms with Gasteiger partial charge in [0.1, 0.15) is 5.82 Å². The summed E-state index contributed by atoms with van der Waals surface area (Å²) in [7, 11) is 0. The first-order valence-electron chi connectivity index (χ1n) is 7.24. The van der Waals surface area contributed by atoms with Gasteiger partial charge in [0, 0.05) is 10.9 Å². The summed E-state index contributed by atoms with van der Waals surface area (Å²) in [6.45, 7) is 4.48. The van der Waals surface area contributed by atoms with E-state index in [1.807, 2.05) is 0 Å². The van der Waals surface area contributed by atoms with Crippen LogP contribution in [0.2, 0.25) is 0 Å². The minimum Gasteiger partial charge on any atom is -0.352 e. The number of thioether (sulfide) groups is 1. The summed E-state index contributed by atoms with van der Waals surface area (Å²) < 4.78 is 12.8. The smallest absolute Gasteiger partial charge is 0.230 e. The zero-order valence-electron chi connectivity index (χ0n) is 12.1. The van der Waals surface area contributed by atoms with E-state index in [1.54, 1.807) is 12.1 Å². The summed E-state index contributed by atoms with van der Waals surface area (Å²) in [6, 6.07) is 6.56. The maximum atomic E-state index is 12.8. The number of hydrogen-bond donors (Lipinski definition) is 1. The van der Waals surface area contributed by atoms with Crippen LogP contribution in [-0.2, 0) is 4.79 Å². The third kappa shape index (κ3) is 4.23. The Hall–Kier alpha value is -1.03. The summed E-state index contributed by atoms with van der Waals surface area (Å²) in [5.74, 6) is 1.44. The molecular weight excluding hydrogens is 273 g/mol. The Morgan fingerprint density at radius 1 is 1.30 bits per heavy atom. The molecule has 20 heavy (non-hydrogen) atoms. The average molecular weight is 295 g/mol. The molecule has 0 aliphatic heterocycles. The number of amides is 1. The Morgan fingerprint density at radius 3 is 2.70 bits per heavy atom. The third-order valence-corrected chi connectivity index (χ3v) is 5.25. The Morgan fingerprint density at radius 2 is 2.00 bits per heavy atom. The van der Waals surface area contributed by atoms with E-state index in [4.69, 9.17) is 0 Å². The molecule has 0 saturated heterocycles. The van der Waals surface area contributed by atoms with Crippen LogP contribution in [-0.4, -0.2) is 17.7 Å². The average Bonchev–Trinajstić information content (AvgIpc) is 2.43. The largest absolute Gasteiger partial charge is 0.352 e. The van der Waals surface area contributed by atoms with Gasteiger partial charge in [0.2, 0.25) is 5.91 Å². The van der Waals surface area contributed by atoms with Gasteiger partial charge in [0.15, 0.2) is 0 Å². The van der Waals surface area contributed by atoms with Crippen LogP contribution < -0.4 is 5.32 Å². The van der Waals surface area contributed by atoms with Gasteiger partial charge < -0.3 is 5.32 Å². The zero-order valence-corrected chi connectivity index (χ0v) is 12.9. The maximum absolute atomic E-state index is 12.8. The van der Waals surface area contributed by atoms with E-state index in [1.165, 1.54) is 36.7 Å². The SMILES string of the molecule is C[C@H]1[C@H](C)CCC[C@H]1NC(=O)CSc1ccc(F)cc1. The normalized spacial score (nSPS) is 26.2. The van der Waals surface area contributed by atoms with Crippen LogP contribution in [0.15, 0.2) is 29.2 Å². The monoisotopic (exact) mass is 295 g/mol. The predicted molar refractivity (Wildman–Crippen MR) is 81.2 cm³/mol. The zero-order chi connectivity index (χ0) is 14.5. The molecule has 1 aliphatic rings. The van der Waals surface area contributed by atoms with Crippen molar-refractivity contribution in [2.24, 2.45) is 11.8 Å². The third-order valence-electron chi connectivity index (χ3n) is 4.24. The molecule has 110 valence electrons. The van der Waals surface area contributed by atoms with E-state index in [0.29, 0.717) is 23.6 Å². The lowest BCUT2D eigenvalue weighted by molar-refractivity contribution is -0.119. The first-order chi connectivity index (χ1) is 9.56. The number of benzene rings is 1. The lowest BCUT2D eigenvalue weighted by atomic mass is 9.78. The molecule has 2 nitrogen and oxygen atoms in total. The number of carbonyl (C=O) groups excluding carboxylic acids is 1. The lowest BCUT2D eigenvalue weighted by Crippen LogP contribution is -2.44. The molecule has 0 unspecified atom stereocenters. The van der Waals surface area contributed by atoms with Crippen LogP contribution in [0, 0.1) is 17.7 Å². The van der Waals surface area contributed by atoms with Crippen molar-refractivity contribution in [2.75, 3.05) is 5.75 Å². The Bertz CT molecular complexity index is 448. The summed E-state index contributed by atoms with van der Waals surface area (Å²) >= 11 is 1.45. The molecule has 2 rings (SSSR count). The molecule has 0 heterocycles. The second-order valence-corrected chi connectivity index (χ2v) is 6.73. The number of nitrogens with one attached hydrogen (secondary N) is 1.